The summed E-state index contributed by atoms with van der Waals surface area (Å²) in [6, 6.07) is 6.67. The van der Waals surface area contributed by atoms with Crippen LogP contribution in [0.3, 0.4) is 0 Å². The Morgan fingerprint density at radius 3 is 2.53 bits per heavy atom. The first-order valence-corrected chi connectivity index (χ1v) is 9.42. The Morgan fingerprint density at radius 1 is 1.17 bits per heavy atom. The molecule has 1 aliphatic heterocycles. The molecule has 30 heavy (non-hydrogen) atoms. The lowest BCUT2D eigenvalue weighted by molar-refractivity contribution is -0.113. The number of aliphatic imine (C=N–C) groups is 2. The Labute approximate surface area is 173 Å². The van der Waals surface area contributed by atoms with Crippen LogP contribution in [0.2, 0.25) is 0 Å². The number of rotatable bonds is 5. The van der Waals surface area contributed by atoms with E-state index in [0.717, 1.165) is 18.5 Å². The second kappa shape index (κ2) is 7.58. The van der Waals surface area contributed by atoms with Crippen LogP contribution in [0.1, 0.15) is 41.7 Å². The Hall–Kier alpha value is -3.75. The van der Waals surface area contributed by atoms with Crippen LogP contribution in [-0.4, -0.2) is 47.5 Å². The van der Waals surface area contributed by atoms with Gasteiger partial charge in [-0.3, -0.25) is 9.59 Å². The molecule has 0 saturated heterocycles. The van der Waals surface area contributed by atoms with Crippen molar-refractivity contribution in [1.82, 2.24) is 9.78 Å². The maximum absolute atomic E-state index is 12.9. The minimum absolute atomic E-state index is 0.0967. The zero-order valence-corrected chi connectivity index (χ0v) is 16.9. The first-order valence-electron chi connectivity index (χ1n) is 9.42. The van der Waals surface area contributed by atoms with Gasteiger partial charge < -0.3 is 14.8 Å². The van der Waals surface area contributed by atoms with E-state index < -0.39 is 5.91 Å². The van der Waals surface area contributed by atoms with Crippen molar-refractivity contribution in [1.29, 1.82) is 0 Å². The van der Waals surface area contributed by atoms with Crippen LogP contribution < -0.4 is 14.8 Å². The van der Waals surface area contributed by atoms with Gasteiger partial charge >= 0.3 is 0 Å². The summed E-state index contributed by atoms with van der Waals surface area (Å²) in [6.07, 6.45) is 2.06. The number of carbonyl (C=O) groups is 2. The molecule has 2 amide bonds. The lowest BCUT2D eigenvalue weighted by Crippen LogP contribution is -2.25. The normalized spacial score (nSPS) is 16.1. The number of nitrogens with zero attached hydrogens (tertiary/aromatic N) is 4. The Morgan fingerprint density at radius 2 is 1.90 bits per heavy atom. The predicted octanol–water partition coefficient (Wildman–Crippen LogP) is 2.79. The molecule has 0 spiro atoms. The number of hydrogen-bond acceptors (Lipinski definition) is 6. The summed E-state index contributed by atoms with van der Waals surface area (Å²) in [6.45, 7) is 5.36. The molecule has 0 radical (unpaired) electrons. The molecule has 4 rings (SSSR count). The van der Waals surface area contributed by atoms with Crippen LogP contribution in [0.4, 0.5) is 5.82 Å². The lowest BCUT2D eigenvalue weighted by Gasteiger charge is -2.13. The van der Waals surface area contributed by atoms with E-state index in [1.807, 2.05) is 0 Å². The number of methoxy groups -OCH3 is 2. The van der Waals surface area contributed by atoms with Crippen molar-refractivity contribution in [3.05, 3.63) is 47.7 Å². The van der Waals surface area contributed by atoms with Gasteiger partial charge in [-0.25, -0.2) is 4.99 Å². The molecule has 0 unspecified atom stereocenters. The van der Waals surface area contributed by atoms with Gasteiger partial charge in [0.15, 0.2) is 11.5 Å². The van der Waals surface area contributed by atoms with Gasteiger partial charge in [0, 0.05) is 17.5 Å². The van der Waals surface area contributed by atoms with Crippen molar-refractivity contribution in [2.24, 2.45) is 9.98 Å². The Balaban J connectivity index is 1.68. The third-order valence-corrected chi connectivity index (χ3v) is 4.96. The van der Waals surface area contributed by atoms with Crippen LogP contribution in [0.5, 0.6) is 11.5 Å². The van der Waals surface area contributed by atoms with E-state index in [9.17, 15) is 9.59 Å². The molecule has 9 nitrogen and oxygen atoms in total. The van der Waals surface area contributed by atoms with E-state index in [4.69, 9.17) is 9.47 Å². The molecule has 2 aromatic rings. The molecule has 1 aromatic heterocycles. The Bertz CT molecular complexity index is 1120. The molecule has 2 heterocycles. The monoisotopic (exact) mass is 407 g/mol. The molecular weight excluding hydrogens is 386 g/mol. The highest BCUT2D eigenvalue weighted by atomic mass is 16.5. The number of carbonyl (C=O) groups excluding carboxylic acids is 2. The van der Waals surface area contributed by atoms with Crippen molar-refractivity contribution in [3.63, 3.8) is 0 Å². The SMILES string of the molecule is C=C1C(=O)N=C(n2nc(C3CC3)cc2NC(=O)c2ccc(OC)c(OC)c2)N=C1C. The van der Waals surface area contributed by atoms with E-state index in [1.165, 1.54) is 18.9 Å². The van der Waals surface area contributed by atoms with Crippen molar-refractivity contribution in [3.8, 4) is 11.5 Å². The molecule has 1 aliphatic carbocycles. The third-order valence-electron chi connectivity index (χ3n) is 4.96. The highest BCUT2D eigenvalue weighted by Gasteiger charge is 2.30. The van der Waals surface area contributed by atoms with E-state index in [1.54, 1.807) is 31.2 Å². The third kappa shape index (κ3) is 3.61. The van der Waals surface area contributed by atoms with E-state index >= 15 is 0 Å². The molecule has 0 bridgehead atoms. The summed E-state index contributed by atoms with van der Waals surface area (Å²) in [5.41, 5.74) is 1.91. The van der Waals surface area contributed by atoms with E-state index in [-0.39, 0.29) is 17.4 Å². The average Bonchev–Trinajstić information content (AvgIpc) is 3.51. The zero-order chi connectivity index (χ0) is 21.4. The minimum atomic E-state index is -0.474. The highest BCUT2D eigenvalue weighted by molar-refractivity contribution is 6.28. The van der Waals surface area contributed by atoms with Crippen molar-refractivity contribution in [2.45, 2.75) is 25.7 Å². The zero-order valence-electron chi connectivity index (χ0n) is 16.9. The first kappa shape index (κ1) is 19.6. The summed E-state index contributed by atoms with van der Waals surface area (Å²) in [5, 5.41) is 7.37. The van der Waals surface area contributed by atoms with Gasteiger partial charge in [-0.2, -0.15) is 14.8 Å². The van der Waals surface area contributed by atoms with Crippen LogP contribution in [0.15, 0.2) is 46.4 Å². The summed E-state index contributed by atoms with van der Waals surface area (Å²) in [5.74, 6) is 0.939. The fourth-order valence-electron chi connectivity index (χ4n) is 3.04. The number of benzene rings is 1. The number of ether oxygens (including phenoxy) is 2. The lowest BCUT2D eigenvalue weighted by atomic mass is 10.2. The van der Waals surface area contributed by atoms with Gasteiger partial charge in [0.05, 0.1) is 31.2 Å². The van der Waals surface area contributed by atoms with Crippen LogP contribution in [0.25, 0.3) is 0 Å². The van der Waals surface area contributed by atoms with Crippen LogP contribution >= 0.6 is 0 Å². The van der Waals surface area contributed by atoms with Gasteiger partial charge in [0.1, 0.15) is 5.82 Å². The summed E-state index contributed by atoms with van der Waals surface area (Å²) in [7, 11) is 3.03. The number of anilines is 1. The average molecular weight is 407 g/mol. The second-order valence-electron chi connectivity index (χ2n) is 7.06. The molecular formula is C21H21N5O4. The molecule has 2 aliphatic rings. The summed E-state index contributed by atoms with van der Waals surface area (Å²) < 4.78 is 11.9. The second-order valence-corrected chi connectivity index (χ2v) is 7.06. The quantitative estimate of drug-likeness (QED) is 0.767. The van der Waals surface area contributed by atoms with Crippen molar-refractivity contribution >= 4 is 29.3 Å². The fraction of sp³-hybridized carbons (Fsp3) is 0.286. The molecule has 1 fully saturated rings. The highest BCUT2D eigenvalue weighted by Crippen LogP contribution is 2.40. The van der Waals surface area contributed by atoms with Crippen molar-refractivity contribution in [2.75, 3.05) is 19.5 Å². The van der Waals surface area contributed by atoms with Crippen LogP contribution in [0, 0.1) is 0 Å². The van der Waals surface area contributed by atoms with Gasteiger partial charge in [0.2, 0.25) is 0 Å². The molecule has 9 heteroatoms. The van der Waals surface area contributed by atoms with Gasteiger partial charge in [0.25, 0.3) is 17.8 Å². The van der Waals surface area contributed by atoms with Crippen molar-refractivity contribution < 1.29 is 19.1 Å². The summed E-state index contributed by atoms with van der Waals surface area (Å²) in [4.78, 5) is 33.3. The smallest absolute Gasteiger partial charge is 0.281 e. The summed E-state index contributed by atoms with van der Waals surface area (Å²) >= 11 is 0. The molecule has 1 aromatic carbocycles. The van der Waals surface area contributed by atoms with Crippen LogP contribution in [-0.2, 0) is 4.79 Å². The molecule has 0 atom stereocenters. The molecule has 154 valence electrons. The largest absolute Gasteiger partial charge is 0.493 e. The predicted molar refractivity (Wildman–Crippen MR) is 112 cm³/mol. The van der Waals surface area contributed by atoms with Gasteiger partial charge in [-0.05, 0) is 38.0 Å². The first-order chi connectivity index (χ1) is 14.4. The topological polar surface area (TPSA) is 107 Å². The maximum atomic E-state index is 12.9. The minimum Gasteiger partial charge on any atom is -0.493 e. The number of nitrogens with one attached hydrogen (secondary N) is 1. The number of amides is 2. The molecule has 1 N–H and O–H groups in total. The van der Waals surface area contributed by atoms with Gasteiger partial charge in [-0.1, -0.05) is 6.58 Å². The maximum Gasteiger partial charge on any atom is 0.281 e. The standard InChI is InChI=1S/C21H21N5O4/c1-11-12(2)22-21(24-19(11)27)26-18(10-15(25-26)13-5-6-13)23-20(28)14-7-8-16(29-3)17(9-14)30-4/h7-10,13H,1,5-6H2,2-4H3,(H,23,28). The number of aromatic nitrogens is 2. The fourth-order valence-corrected chi connectivity index (χ4v) is 3.04. The number of hydrogen-bond donors (Lipinski definition) is 1. The van der Waals surface area contributed by atoms with E-state index in [0.29, 0.717) is 34.5 Å². The van der Waals surface area contributed by atoms with E-state index in [2.05, 4.69) is 27.0 Å². The molecule has 1 saturated carbocycles. The van der Waals surface area contributed by atoms with Gasteiger partial charge in [-0.15, -0.1) is 0 Å². The Kier molecular flexibility index (Phi) is 4.94.